The van der Waals surface area contributed by atoms with E-state index in [9.17, 15) is 4.79 Å². The smallest absolute Gasteiger partial charge is 0.270 e. The molecule has 24 heavy (non-hydrogen) atoms. The van der Waals surface area contributed by atoms with Gasteiger partial charge in [-0.25, -0.2) is 4.98 Å². The molecule has 0 saturated carbocycles. The van der Waals surface area contributed by atoms with E-state index in [1.165, 1.54) is 5.56 Å². The highest BCUT2D eigenvalue weighted by Gasteiger charge is 2.23. The van der Waals surface area contributed by atoms with Gasteiger partial charge in [-0.15, -0.1) is 11.3 Å². The van der Waals surface area contributed by atoms with E-state index in [0.29, 0.717) is 5.69 Å². The second-order valence-corrected chi connectivity index (χ2v) is 7.34. The zero-order valence-electron chi connectivity index (χ0n) is 13.9. The van der Waals surface area contributed by atoms with Crippen LogP contribution in [0.3, 0.4) is 0 Å². The molecular formula is C17H20N4OS2. The predicted molar refractivity (Wildman–Crippen MR) is 97.7 cm³/mol. The molecule has 0 aliphatic carbocycles. The number of nitrogens with one attached hydrogen (secondary N) is 1. The molecule has 1 N–H and O–H groups in total. The minimum atomic E-state index is -0.133. The molecule has 0 spiro atoms. The monoisotopic (exact) mass is 360 g/mol. The van der Waals surface area contributed by atoms with Crippen LogP contribution in [-0.2, 0) is 19.9 Å². The number of carbonyl (C=O) groups excluding carboxylic acids is 1. The number of aryl methyl sites for hydroxylation is 2. The van der Waals surface area contributed by atoms with Gasteiger partial charge in [0.05, 0.1) is 11.7 Å². The maximum atomic E-state index is 12.9. The first-order valence-electron chi connectivity index (χ1n) is 7.84. The van der Waals surface area contributed by atoms with Gasteiger partial charge in [-0.1, -0.05) is 6.92 Å². The molecule has 1 atom stereocenters. The van der Waals surface area contributed by atoms with Gasteiger partial charge in [0.2, 0.25) is 0 Å². The van der Waals surface area contributed by atoms with Gasteiger partial charge in [-0.2, -0.15) is 16.4 Å². The molecular weight excluding hydrogens is 340 g/mol. The summed E-state index contributed by atoms with van der Waals surface area (Å²) in [6, 6.07) is 1.95. The van der Waals surface area contributed by atoms with E-state index >= 15 is 0 Å². The number of hydrogen-bond donors (Lipinski definition) is 1. The minimum absolute atomic E-state index is 0.0994. The van der Waals surface area contributed by atoms with E-state index in [0.717, 1.165) is 29.1 Å². The van der Waals surface area contributed by atoms with Crippen molar-refractivity contribution >= 4 is 28.6 Å². The summed E-state index contributed by atoms with van der Waals surface area (Å²) in [7, 11) is 1.82. The van der Waals surface area contributed by atoms with Crippen LogP contribution in [0.2, 0.25) is 0 Å². The number of thiazole rings is 1. The summed E-state index contributed by atoms with van der Waals surface area (Å²) in [5.74, 6) is -0.0994. The summed E-state index contributed by atoms with van der Waals surface area (Å²) < 4.78 is 1.67. The lowest BCUT2D eigenvalue weighted by atomic mass is 10.1. The van der Waals surface area contributed by atoms with Crippen molar-refractivity contribution in [2.75, 3.05) is 0 Å². The van der Waals surface area contributed by atoms with Crippen molar-refractivity contribution < 1.29 is 4.79 Å². The largest absolute Gasteiger partial charge is 0.341 e. The zero-order chi connectivity index (χ0) is 17.1. The molecule has 7 heteroatoms. The highest BCUT2D eigenvalue weighted by Crippen LogP contribution is 2.23. The zero-order valence-corrected chi connectivity index (χ0v) is 15.6. The maximum absolute atomic E-state index is 12.9. The lowest BCUT2D eigenvalue weighted by Gasteiger charge is -2.16. The van der Waals surface area contributed by atoms with Crippen LogP contribution < -0.4 is 5.32 Å². The molecule has 0 aliphatic heterocycles. The summed E-state index contributed by atoms with van der Waals surface area (Å²) in [5, 5.41) is 14.6. The number of nitrogens with zero attached hydrogens (tertiary/aromatic N) is 3. The number of hydrogen-bond acceptors (Lipinski definition) is 5. The summed E-state index contributed by atoms with van der Waals surface area (Å²) in [5.41, 5.74) is 3.74. The normalized spacial score (nSPS) is 12.3. The maximum Gasteiger partial charge on any atom is 0.270 e. The third-order valence-corrected chi connectivity index (χ3v) is 5.63. The van der Waals surface area contributed by atoms with Crippen LogP contribution in [0.4, 0.5) is 0 Å². The lowest BCUT2D eigenvalue weighted by Crippen LogP contribution is -2.31. The lowest BCUT2D eigenvalue weighted by molar-refractivity contribution is 0.0926. The van der Waals surface area contributed by atoms with Crippen molar-refractivity contribution in [3.63, 3.8) is 0 Å². The summed E-state index contributed by atoms with van der Waals surface area (Å²) >= 11 is 3.22. The first-order valence-corrected chi connectivity index (χ1v) is 9.66. The molecule has 3 aromatic heterocycles. The van der Waals surface area contributed by atoms with Gasteiger partial charge in [-0.05, 0) is 35.7 Å². The SMILES string of the molecule is CCc1nn(C)c(C(=O)N[C@H](Cc2ccsc2)c2nccs2)c1C. The number of rotatable bonds is 6. The van der Waals surface area contributed by atoms with Crippen molar-refractivity contribution in [1.82, 2.24) is 20.1 Å². The molecule has 1 amide bonds. The van der Waals surface area contributed by atoms with Crippen LogP contribution in [-0.4, -0.2) is 20.7 Å². The van der Waals surface area contributed by atoms with Gasteiger partial charge in [0.25, 0.3) is 5.91 Å². The Morgan fingerprint density at radius 3 is 2.83 bits per heavy atom. The van der Waals surface area contributed by atoms with Crippen LogP contribution in [0.1, 0.15) is 45.3 Å². The van der Waals surface area contributed by atoms with Crippen molar-refractivity contribution in [1.29, 1.82) is 0 Å². The van der Waals surface area contributed by atoms with Gasteiger partial charge in [0.15, 0.2) is 0 Å². The van der Waals surface area contributed by atoms with E-state index in [1.807, 2.05) is 26.3 Å². The Morgan fingerprint density at radius 1 is 1.42 bits per heavy atom. The fraction of sp³-hybridized carbons (Fsp3) is 0.353. The van der Waals surface area contributed by atoms with Crippen LogP contribution in [0.15, 0.2) is 28.4 Å². The Morgan fingerprint density at radius 2 is 2.25 bits per heavy atom. The third kappa shape index (κ3) is 3.42. The molecule has 0 aromatic carbocycles. The number of thiophene rings is 1. The Balaban J connectivity index is 1.85. The van der Waals surface area contributed by atoms with Crippen molar-refractivity contribution in [3.8, 4) is 0 Å². The summed E-state index contributed by atoms with van der Waals surface area (Å²) in [6.45, 7) is 4.00. The van der Waals surface area contributed by atoms with E-state index in [2.05, 4.69) is 32.2 Å². The molecule has 5 nitrogen and oxygen atoms in total. The minimum Gasteiger partial charge on any atom is -0.341 e. The molecule has 0 aliphatic rings. The van der Waals surface area contributed by atoms with Gasteiger partial charge in [-0.3, -0.25) is 9.48 Å². The molecule has 0 saturated heterocycles. The Kier molecular flexibility index (Phi) is 5.11. The van der Waals surface area contributed by atoms with Crippen molar-refractivity contribution in [2.24, 2.45) is 7.05 Å². The van der Waals surface area contributed by atoms with E-state index in [4.69, 9.17) is 0 Å². The van der Waals surface area contributed by atoms with E-state index < -0.39 is 0 Å². The second kappa shape index (κ2) is 7.27. The van der Waals surface area contributed by atoms with Gasteiger partial charge in [0, 0.05) is 30.6 Å². The van der Waals surface area contributed by atoms with Crippen molar-refractivity contribution in [2.45, 2.75) is 32.7 Å². The van der Waals surface area contributed by atoms with Gasteiger partial charge < -0.3 is 5.32 Å². The number of aromatic nitrogens is 3. The predicted octanol–water partition coefficient (Wildman–Crippen LogP) is 3.52. The molecule has 0 fully saturated rings. The quantitative estimate of drug-likeness (QED) is 0.732. The van der Waals surface area contributed by atoms with E-state index in [-0.39, 0.29) is 11.9 Å². The Hall–Kier alpha value is -1.99. The average Bonchev–Trinajstić information content (AvgIpc) is 3.28. The van der Waals surface area contributed by atoms with Crippen LogP contribution in [0, 0.1) is 6.92 Å². The number of carbonyl (C=O) groups is 1. The van der Waals surface area contributed by atoms with Crippen LogP contribution >= 0.6 is 22.7 Å². The molecule has 0 radical (unpaired) electrons. The molecule has 3 rings (SSSR count). The standard InChI is InChI=1S/C17H20N4OS2/c1-4-13-11(2)15(21(3)20-13)16(22)19-14(17-18-6-8-24-17)9-12-5-7-23-10-12/h5-8,10,14H,4,9H2,1-3H3,(H,19,22)/t14-/m1/s1. The highest BCUT2D eigenvalue weighted by atomic mass is 32.1. The second-order valence-electron chi connectivity index (χ2n) is 5.63. The fourth-order valence-corrected chi connectivity index (χ4v) is 4.19. The van der Waals surface area contributed by atoms with E-state index in [1.54, 1.807) is 33.6 Å². The van der Waals surface area contributed by atoms with Gasteiger partial charge >= 0.3 is 0 Å². The molecule has 3 aromatic rings. The molecule has 0 unspecified atom stereocenters. The first-order chi connectivity index (χ1) is 11.6. The molecule has 126 valence electrons. The Bertz CT molecular complexity index is 806. The third-order valence-electron chi connectivity index (χ3n) is 4.01. The number of amides is 1. The van der Waals surface area contributed by atoms with Crippen LogP contribution in [0.5, 0.6) is 0 Å². The average molecular weight is 361 g/mol. The Labute approximate surface area is 149 Å². The van der Waals surface area contributed by atoms with Crippen LogP contribution in [0.25, 0.3) is 0 Å². The topological polar surface area (TPSA) is 59.8 Å². The molecule has 3 heterocycles. The fourth-order valence-electron chi connectivity index (χ4n) is 2.82. The summed E-state index contributed by atoms with van der Waals surface area (Å²) in [4.78, 5) is 17.3. The summed E-state index contributed by atoms with van der Waals surface area (Å²) in [6.07, 6.45) is 3.33. The first kappa shape index (κ1) is 16.9. The van der Waals surface area contributed by atoms with Crippen molar-refractivity contribution in [3.05, 3.63) is 55.9 Å². The van der Waals surface area contributed by atoms with Gasteiger partial charge in [0.1, 0.15) is 10.7 Å². The highest BCUT2D eigenvalue weighted by molar-refractivity contribution is 7.09. The molecule has 0 bridgehead atoms.